The van der Waals surface area contributed by atoms with Crippen molar-refractivity contribution in [1.29, 1.82) is 0 Å². The van der Waals surface area contributed by atoms with E-state index in [2.05, 4.69) is 15.2 Å². The highest BCUT2D eigenvalue weighted by Crippen LogP contribution is 2.31. The summed E-state index contributed by atoms with van der Waals surface area (Å²) >= 11 is 1.40. The highest BCUT2D eigenvalue weighted by atomic mass is 32.1. The van der Waals surface area contributed by atoms with Crippen molar-refractivity contribution in [1.82, 2.24) is 15.2 Å². The molecule has 0 fully saturated rings. The van der Waals surface area contributed by atoms with Crippen LogP contribution < -0.4 is 4.90 Å². The van der Waals surface area contributed by atoms with E-state index in [1.54, 1.807) is 12.3 Å². The van der Waals surface area contributed by atoms with Crippen LogP contribution in [0, 0.1) is 11.6 Å². The second-order valence-electron chi connectivity index (χ2n) is 5.07. The lowest BCUT2D eigenvalue weighted by Crippen LogP contribution is -2.21. The van der Waals surface area contributed by atoms with E-state index in [0.717, 1.165) is 11.8 Å². The maximum Gasteiger partial charge on any atom is 0.208 e. The third kappa shape index (κ3) is 3.19. The first-order valence-corrected chi connectivity index (χ1v) is 7.80. The van der Waals surface area contributed by atoms with Gasteiger partial charge in [-0.05, 0) is 36.8 Å². The summed E-state index contributed by atoms with van der Waals surface area (Å²) in [6.07, 6.45) is 1.70. The maximum absolute atomic E-state index is 13.4. The summed E-state index contributed by atoms with van der Waals surface area (Å²) in [6.45, 7) is 1.90. The standard InChI is InChI=1S/C16H14F2N4S/c1-10(11-6-7-12(17)13(18)9-11)22(2)16-21-20-15(23-16)14-5-3-4-8-19-14/h3-10H,1-2H3. The Morgan fingerprint density at radius 3 is 2.61 bits per heavy atom. The van der Waals surface area contributed by atoms with Crippen LogP contribution >= 0.6 is 11.3 Å². The Kier molecular flexibility index (Phi) is 4.29. The van der Waals surface area contributed by atoms with E-state index in [0.29, 0.717) is 15.7 Å². The molecule has 23 heavy (non-hydrogen) atoms. The van der Waals surface area contributed by atoms with Gasteiger partial charge in [-0.3, -0.25) is 4.98 Å². The molecule has 2 aromatic heterocycles. The average Bonchev–Trinajstić information content (AvgIpc) is 3.07. The van der Waals surface area contributed by atoms with Crippen LogP contribution in [-0.2, 0) is 0 Å². The SMILES string of the molecule is CC(c1ccc(F)c(F)c1)N(C)c1nnc(-c2ccccn2)s1. The van der Waals surface area contributed by atoms with E-state index in [1.807, 2.05) is 37.1 Å². The molecule has 118 valence electrons. The number of rotatable bonds is 4. The van der Waals surface area contributed by atoms with Crippen LogP contribution in [-0.4, -0.2) is 22.2 Å². The van der Waals surface area contributed by atoms with E-state index in [9.17, 15) is 8.78 Å². The molecule has 0 aliphatic rings. The van der Waals surface area contributed by atoms with Gasteiger partial charge in [0, 0.05) is 13.2 Å². The van der Waals surface area contributed by atoms with E-state index < -0.39 is 11.6 Å². The Hall–Kier alpha value is -2.41. The summed E-state index contributed by atoms with van der Waals surface area (Å²) in [4.78, 5) is 6.12. The molecule has 0 radical (unpaired) electrons. The van der Waals surface area contributed by atoms with Gasteiger partial charge < -0.3 is 4.90 Å². The lowest BCUT2D eigenvalue weighted by atomic mass is 10.1. The Morgan fingerprint density at radius 2 is 1.91 bits per heavy atom. The topological polar surface area (TPSA) is 41.9 Å². The molecule has 2 heterocycles. The quantitative estimate of drug-likeness (QED) is 0.722. The number of nitrogens with zero attached hydrogens (tertiary/aromatic N) is 4. The van der Waals surface area contributed by atoms with Crippen molar-refractivity contribution in [2.45, 2.75) is 13.0 Å². The first-order chi connectivity index (χ1) is 11.1. The normalized spacial score (nSPS) is 12.2. The van der Waals surface area contributed by atoms with Crippen molar-refractivity contribution >= 4 is 16.5 Å². The summed E-state index contributed by atoms with van der Waals surface area (Å²) in [6, 6.07) is 9.32. The Labute approximate surface area is 136 Å². The van der Waals surface area contributed by atoms with Crippen LogP contribution in [0.4, 0.5) is 13.9 Å². The zero-order valence-electron chi connectivity index (χ0n) is 12.6. The number of pyridine rings is 1. The highest BCUT2D eigenvalue weighted by Gasteiger charge is 2.18. The van der Waals surface area contributed by atoms with Gasteiger partial charge in [0.1, 0.15) is 5.69 Å². The molecule has 1 aromatic carbocycles. The van der Waals surface area contributed by atoms with E-state index in [-0.39, 0.29) is 6.04 Å². The van der Waals surface area contributed by atoms with Crippen LogP contribution in [0.15, 0.2) is 42.6 Å². The van der Waals surface area contributed by atoms with Crippen LogP contribution in [0.1, 0.15) is 18.5 Å². The van der Waals surface area contributed by atoms with Crippen LogP contribution in [0.2, 0.25) is 0 Å². The van der Waals surface area contributed by atoms with Gasteiger partial charge in [-0.15, -0.1) is 10.2 Å². The van der Waals surface area contributed by atoms with Gasteiger partial charge in [-0.2, -0.15) is 0 Å². The lowest BCUT2D eigenvalue weighted by molar-refractivity contribution is 0.505. The van der Waals surface area contributed by atoms with E-state index >= 15 is 0 Å². The zero-order valence-corrected chi connectivity index (χ0v) is 13.4. The molecule has 0 amide bonds. The minimum Gasteiger partial charge on any atom is -0.343 e. The molecule has 3 rings (SSSR count). The Bertz CT molecular complexity index is 807. The molecular weight excluding hydrogens is 318 g/mol. The van der Waals surface area contributed by atoms with Gasteiger partial charge in [0.15, 0.2) is 16.6 Å². The molecule has 0 aliphatic carbocycles. The van der Waals surface area contributed by atoms with Crippen LogP contribution in [0.25, 0.3) is 10.7 Å². The molecule has 0 spiro atoms. The van der Waals surface area contributed by atoms with Crippen molar-refractivity contribution in [2.24, 2.45) is 0 Å². The fraction of sp³-hybridized carbons (Fsp3) is 0.188. The van der Waals surface area contributed by atoms with Gasteiger partial charge in [0.25, 0.3) is 0 Å². The third-order valence-electron chi connectivity index (χ3n) is 3.61. The molecular formula is C16H14F2N4S. The number of aromatic nitrogens is 3. The van der Waals surface area contributed by atoms with Crippen molar-refractivity contribution in [3.63, 3.8) is 0 Å². The smallest absolute Gasteiger partial charge is 0.208 e. The number of halogens is 2. The molecule has 3 aromatic rings. The number of hydrogen-bond donors (Lipinski definition) is 0. The molecule has 0 saturated heterocycles. The predicted octanol–water partition coefficient (Wildman–Crippen LogP) is 4.08. The Balaban J connectivity index is 1.84. The van der Waals surface area contributed by atoms with Crippen molar-refractivity contribution < 1.29 is 8.78 Å². The molecule has 1 atom stereocenters. The van der Waals surface area contributed by atoms with E-state index in [4.69, 9.17) is 0 Å². The van der Waals surface area contributed by atoms with Gasteiger partial charge in [-0.25, -0.2) is 8.78 Å². The molecule has 0 aliphatic heterocycles. The fourth-order valence-electron chi connectivity index (χ4n) is 2.11. The number of hydrogen-bond acceptors (Lipinski definition) is 5. The summed E-state index contributed by atoms with van der Waals surface area (Å²) in [5, 5.41) is 9.71. The molecule has 1 unspecified atom stereocenters. The van der Waals surface area contributed by atoms with Crippen LogP contribution in [0.3, 0.4) is 0 Å². The summed E-state index contributed by atoms with van der Waals surface area (Å²) in [5.74, 6) is -1.70. The third-order valence-corrected chi connectivity index (χ3v) is 4.64. The minimum absolute atomic E-state index is 0.172. The predicted molar refractivity (Wildman–Crippen MR) is 86.3 cm³/mol. The van der Waals surface area contributed by atoms with Crippen molar-refractivity contribution in [3.8, 4) is 10.7 Å². The second kappa shape index (κ2) is 6.37. The van der Waals surface area contributed by atoms with Crippen molar-refractivity contribution in [2.75, 3.05) is 11.9 Å². The van der Waals surface area contributed by atoms with Gasteiger partial charge in [0.05, 0.1) is 6.04 Å². The van der Waals surface area contributed by atoms with Crippen LogP contribution in [0.5, 0.6) is 0 Å². The van der Waals surface area contributed by atoms with Gasteiger partial charge >= 0.3 is 0 Å². The van der Waals surface area contributed by atoms with Gasteiger partial charge in [0.2, 0.25) is 5.13 Å². The minimum atomic E-state index is -0.853. The van der Waals surface area contributed by atoms with Gasteiger partial charge in [-0.1, -0.05) is 23.5 Å². The number of benzene rings is 1. The molecule has 0 N–H and O–H groups in total. The first-order valence-electron chi connectivity index (χ1n) is 6.99. The van der Waals surface area contributed by atoms with E-state index in [1.165, 1.54) is 17.4 Å². The lowest BCUT2D eigenvalue weighted by Gasteiger charge is -2.24. The monoisotopic (exact) mass is 332 g/mol. The molecule has 4 nitrogen and oxygen atoms in total. The summed E-state index contributed by atoms with van der Waals surface area (Å²) in [5.41, 5.74) is 1.42. The Morgan fingerprint density at radius 1 is 1.09 bits per heavy atom. The molecule has 0 bridgehead atoms. The van der Waals surface area contributed by atoms with Crippen molar-refractivity contribution in [3.05, 3.63) is 59.8 Å². The maximum atomic E-state index is 13.4. The largest absolute Gasteiger partial charge is 0.343 e. The fourth-order valence-corrected chi connectivity index (χ4v) is 2.98. The first kappa shape index (κ1) is 15.5. The molecule has 7 heteroatoms. The zero-order chi connectivity index (χ0) is 16.4. The summed E-state index contributed by atoms with van der Waals surface area (Å²) < 4.78 is 26.5. The average molecular weight is 332 g/mol. The number of anilines is 1. The molecule has 0 saturated carbocycles. The second-order valence-corrected chi connectivity index (χ2v) is 6.02. The summed E-state index contributed by atoms with van der Waals surface area (Å²) in [7, 11) is 1.84. The highest BCUT2D eigenvalue weighted by molar-refractivity contribution is 7.18.